The number of amides is 1. The van der Waals surface area contributed by atoms with Gasteiger partial charge in [-0.25, -0.2) is 4.98 Å². The maximum Gasteiger partial charge on any atom is 0.260 e. The highest BCUT2D eigenvalue weighted by Gasteiger charge is 2.31. The first kappa shape index (κ1) is 14.5. The Morgan fingerprint density at radius 1 is 1.50 bits per heavy atom. The summed E-state index contributed by atoms with van der Waals surface area (Å²) in [4.78, 5) is 18.8. The smallest absolute Gasteiger partial charge is 0.260 e. The molecular formula is C15H18N4O3. The summed E-state index contributed by atoms with van der Waals surface area (Å²) in [7, 11) is 0. The number of carbonyl (C=O) groups excluding carboxylic acids is 1. The molecule has 1 atom stereocenters. The number of nitrogens with one attached hydrogen (secondary N) is 1. The Morgan fingerprint density at radius 2 is 2.41 bits per heavy atom. The maximum atomic E-state index is 12.9. The van der Waals surface area contributed by atoms with Crippen LogP contribution in [-0.4, -0.2) is 52.4 Å². The molecule has 1 N–H and O–H groups in total. The average molecular weight is 302 g/mol. The number of hydrogen-bond donors (Lipinski definition) is 1. The van der Waals surface area contributed by atoms with Crippen LogP contribution in [0.2, 0.25) is 0 Å². The van der Waals surface area contributed by atoms with Crippen molar-refractivity contribution in [2.24, 2.45) is 0 Å². The lowest BCUT2D eigenvalue weighted by Crippen LogP contribution is -2.43. The van der Waals surface area contributed by atoms with Crippen molar-refractivity contribution in [3.8, 4) is 5.88 Å². The lowest BCUT2D eigenvalue weighted by molar-refractivity contribution is -0.00412. The minimum atomic E-state index is -0.182. The Kier molecular flexibility index (Phi) is 4.34. The Labute approximate surface area is 128 Å². The molecule has 2 aromatic rings. The summed E-state index contributed by atoms with van der Waals surface area (Å²) in [6.45, 7) is 3.80. The molecule has 0 bridgehead atoms. The number of aromatic amines is 1. The van der Waals surface area contributed by atoms with E-state index in [-0.39, 0.29) is 11.9 Å². The highest BCUT2D eigenvalue weighted by Crippen LogP contribution is 2.26. The first-order valence-electron chi connectivity index (χ1n) is 7.27. The fraction of sp³-hybridized carbons (Fsp3) is 0.400. The van der Waals surface area contributed by atoms with Gasteiger partial charge in [0.25, 0.3) is 5.91 Å². The zero-order valence-corrected chi connectivity index (χ0v) is 12.4. The van der Waals surface area contributed by atoms with E-state index in [1.165, 1.54) is 0 Å². The van der Waals surface area contributed by atoms with Gasteiger partial charge in [0.15, 0.2) is 0 Å². The van der Waals surface area contributed by atoms with E-state index in [1.807, 2.05) is 13.0 Å². The Balaban J connectivity index is 1.89. The van der Waals surface area contributed by atoms with Crippen molar-refractivity contribution in [3.63, 3.8) is 0 Å². The van der Waals surface area contributed by atoms with Crippen molar-refractivity contribution < 1.29 is 14.3 Å². The van der Waals surface area contributed by atoms with Crippen LogP contribution < -0.4 is 4.74 Å². The molecule has 0 aliphatic carbocycles. The van der Waals surface area contributed by atoms with Crippen LogP contribution in [0.4, 0.5) is 0 Å². The summed E-state index contributed by atoms with van der Waals surface area (Å²) in [5.74, 6) is 0.254. The van der Waals surface area contributed by atoms with Crippen molar-refractivity contribution in [1.82, 2.24) is 20.1 Å². The summed E-state index contributed by atoms with van der Waals surface area (Å²) < 4.78 is 11.0. The number of ether oxygens (including phenoxy) is 2. The van der Waals surface area contributed by atoms with E-state index in [9.17, 15) is 4.79 Å². The van der Waals surface area contributed by atoms with E-state index in [1.54, 1.807) is 29.4 Å². The van der Waals surface area contributed by atoms with E-state index in [4.69, 9.17) is 9.47 Å². The number of H-pyrrole nitrogens is 1. The van der Waals surface area contributed by atoms with Gasteiger partial charge in [-0.1, -0.05) is 0 Å². The van der Waals surface area contributed by atoms with E-state index in [2.05, 4.69) is 15.2 Å². The zero-order valence-electron chi connectivity index (χ0n) is 12.4. The van der Waals surface area contributed by atoms with Crippen molar-refractivity contribution in [1.29, 1.82) is 0 Å². The van der Waals surface area contributed by atoms with Gasteiger partial charge in [-0.05, 0) is 25.1 Å². The molecule has 1 unspecified atom stereocenters. The Morgan fingerprint density at radius 3 is 3.18 bits per heavy atom. The minimum Gasteiger partial charge on any atom is -0.477 e. The van der Waals surface area contributed by atoms with Gasteiger partial charge < -0.3 is 14.4 Å². The summed E-state index contributed by atoms with van der Waals surface area (Å²) in [5.41, 5.74) is 1.32. The highest BCUT2D eigenvalue weighted by molar-refractivity contribution is 5.96. The van der Waals surface area contributed by atoms with Crippen molar-refractivity contribution >= 4 is 5.91 Å². The van der Waals surface area contributed by atoms with Crippen LogP contribution in [-0.2, 0) is 4.74 Å². The third kappa shape index (κ3) is 2.80. The summed E-state index contributed by atoms with van der Waals surface area (Å²) >= 11 is 0. The zero-order chi connectivity index (χ0) is 15.4. The van der Waals surface area contributed by atoms with Crippen molar-refractivity contribution in [2.75, 3.05) is 26.4 Å². The molecule has 22 heavy (non-hydrogen) atoms. The largest absolute Gasteiger partial charge is 0.477 e. The standard InChI is InChI=1S/C15H18N4O3/c1-2-22-14-11(4-3-6-16-14)15(20)19-8-9-21-10-13(19)12-5-7-17-18-12/h3-7,13H,2,8-10H2,1H3,(H,17,18). The van der Waals surface area contributed by atoms with E-state index in [0.29, 0.717) is 37.8 Å². The third-order valence-corrected chi connectivity index (χ3v) is 3.55. The summed E-state index contributed by atoms with van der Waals surface area (Å²) in [6.07, 6.45) is 3.29. The summed E-state index contributed by atoms with van der Waals surface area (Å²) in [5, 5.41) is 6.87. The molecule has 1 aliphatic heterocycles. The molecule has 1 aliphatic rings. The predicted molar refractivity (Wildman–Crippen MR) is 78.6 cm³/mol. The fourth-order valence-corrected chi connectivity index (χ4v) is 2.52. The van der Waals surface area contributed by atoms with Gasteiger partial charge in [-0.3, -0.25) is 9.89 Å². The van der Waals surface area contributed by atoms with E-state index < -0.39 is 0 Å². The van der Waals surface area contributed by atoms with Crippen molar-refractivity contribution in [2.45, 2.75) is 13.0 Å². The van der Waals surface area contributed by atoms with E-state index >= 15 is 0 Å². The van der Waals surface area contributed by atoms with Crippen LogP contribution in [0.25, 0.3) is 0 Å². The number of hydrogen-bond acceptors (Lipinski definition) is 5. The van der Waals surface area contributed by atoms with Crippen molar-refractivity contribution in [3.05, 3.63) is 41.9 Å². The molecule has 1 saturated heterocycles. The molecule has 2 aromatic heterocycles. The highest BCUT2D eigenvalue weighted by atomic mass is 16.5. The number of nitrogens with zero attached hydrogens (tertiary/aromatic N) is 3. The van der Waals surface area contributed by atoms with Crippen LogP contribution >= 0.6 is 0 Å². The monoisotopic (exact) mass is 302 g/mol. The molecule has 0 aromatic carbocycles. The maximum absolute atomic E-state index is 12.9. The van der Waals surface area contributed by atoms with E-state index in [0.717, 1.165) is 5.69 Å². The normalized spacial score (nSPS) is 18.2. The van der Waals surface area contributed by atoms with Gasteiger partial charge in [0.2, 0.25) is 5.88 Å². The van der Waals surface area contributed by atoms with Crippen LogP contribution in [0.5, 0.6) is 5.88 Å². The van der Waals surface area contributed by atoms with Crippen LogP contribution in [0.1, 0.15) is 29.0 Å². The number of rotatable bonds is 4. The number of carbonyl (C=O) groups is 1. The van der Waals surface area contributed by atoms with Gasteiger partial charge in [-0.15, -0.1) is 0 Å². The molecule has 116 valence electrons. The first-order valence-corrected chi connectivity index (χ1v) is 7.27. The lowest BCUT2D eigenvalue weighted by Gasteiger charge is -2.35. The molecule has 3 rings (SSSR count). The molecule has 1 amide bonds. The topological polar surface area (TPSA) is 80.3 Å². The molecule has 0 radical (unpaired) electrons. The molecule has 0 spiro atoms. The second-order valence-corrected chi connectivity index (χ2v) is 4.89. The fourth-order valence-electron chi connectivity index (χ4n) is 2.52. The third-order valence-electron chi connectivity index (χ3n) is 3.55. The molecule has 7 nitrogen and oxygen atoms in total. The molecular weight excluding hydrogens is 284 g/mol. The molecule has 3 heterocycles. The number of pyridine rings is 1. The SMILES string of the molecule is CCOc1ncccc1C(=O)N1CCOCC1c1ccn[nH]1. The minimum absolute atomic E-state index is 0.112. The van der Waals surface area contributed by atoms with Gasteiger partial charge in [0, 0.05) is 18.9 Å². The Hall–Kier alpha value is -2.41. The average Bonchev–Trinajstić information content (AvgIpc) is 3.09. The van der Waals surface area contributed by atoms with Gasteiger partial charge in [-0.2, -0.15) is 5.10 Å². The van der Waals surface area contributed by atoms with Gasteiger partial charge in [0.05, 0.1) is 31.6 Å². The quantitative estimate of drug-likeness (QED) is 0.924. The summed E-state index contributed by atoms with van der Waals surface area (Å²) in [6, 6.07) is 5.14. The van der Waals surface area contributed by atoms with Gasteiger partial charge in [0.1, 0.15) is 5.56 Å². The molecule has 7 heteroatoms. The second kappa shape index (κ2) is 6.57. The molecule has 0 saturated carbocycles. The van der Waals surface area contributed by atoms with Crippen LogP contribution in [0.15, 0.2) is 30.6 Å². The number of aromatic nitrogens is 3. The van der Waals surface area contributed by atoms with Crippen LogP contribution in [0.3, 0.4) is 0 Å². The second-order valence-electron chi connectivity index (χ2n) is 4.89. The number of morpholine rings is 1. The van der Waals surface area contributed by atoms with Gasteiger partial charge >= 0.3 is 0 Å². The lowest BCUT2D eigenvalue weighted by atomic mass is 10.1. The predicted octanol–water partition coefficient (Wildman–Crippen LogP) is 1.42. The van der Waals surface area contributed by atoms with Crippen LogP contribution in [0, 0.1) is 0 Å². The molecule has 1 fully saturated rings. The Bertz CT molecular complexity index is 629. The first-order chi connectivity index (χ1) is 10.8.